The Kier molecular flexibility index (Phi) is 5.15. The molecule has 1 N–H and O–H groups in total. The van der Waals surface area contributed by atoms with Crippen LogP contribution < -0.4 is 10.1 Å². The van der Waals surface area contributed by atoms with Gasteiger partial charge < -0.3 is 10.1 Å². The maximum atomic E-state index is 12.4. The Morgan fingerprint density at radius 2 is 2.14 bits per heavy atom. The average Bonchev–Trinajstić information content (AvgIpc) is 2.52. The number of hydrogen-bond acceptors (Lipinski definition) is 3. The third-order valence-corrected chi connectivity index (χ3v) is 3.62. The number of amides is 1. The molecule has 2 rings (SSSR count). The maximum Gasteiger partial charge on any atom is 0.251 e. The number of benzene rings is 1. The Hall–Kier alpha value is -2.36. The van der Waals surface area contributed by atoms with Crippen molar-refractivity contribution >= 4 is 5.91 Å². The van der Waals surface area contributed by atoms with Crippen molar-refractivity contribution in [3.8, 4) is 5.75 Å². The molecule has 4 heteroatoms. The van der Waals surface area contributed by atoms with E-state index in [4.69, 9.17) is 4.74 Å². The summed E-state index contributed by atoms with van der Waals surface area (Å²) in [6.45, 7) is 6.57. The molecule has 0 radical (unpaired) electrons. The molecule has 0 aliphatic heterocycles. The van der Waals surface area contributed by atoms with Gasteiger partial charge in [-0.2, -0.15) is 0 Å². The molecule has 0 unspecified atom stereocenters. The monoisotopic (exact) mass is 298 g/mol. The molecule has 0 aliphatic carbocycles. The molecule has 2 aromatic rings. The zero-order valence-corrected chi connectivity index (χ0v) is 13.5. The van der Waals surface area contributed by atoms with Crippen molar-refractivity contribution in [2.75, 3.05) is 7.11 Å². The summed E-state index contributed by atoms with van der Waals surface area (Å²) in [5.41, 5.74) is 3.61. The number of carbonyl (C=O) groups is 1. The average molecular weight is 298 g/mol. The number of nitrogens with zero attached hydrogens (tertiary/aromatic N) is 1. The van der Waals surface area contributed by atoms with Gasteiger partial charge in [0.15, 0.2) is 0 Å². The first-order chi connectivity index (χ1) is 10.5. The van der Waals surface area contributed by atoms with Gasteiger partial charge >= 0.3 is 0 Å². The lowest BCUT2D eigenvalue weighted by molar-refractivity contribution is 0.0950. The van der Waals surface area contributed by atoms with Crippen LogP contribution >= 0.6 is 0 Å². The summed E-state index contributed by atoms with van der Waals surface area (Å²) in [5, 5.41) is 2.94. The van der Waals surface area contributed by atoms with Gasteiger partial charge in [-0.1, -0.05) is 19.9 Å². The Morgan fingerprint density at radius 1 is 1.36 bits per heavy atom. The van der Waals surface area contributed by atoms with Crippen LogP contribution in [0.4, 0.5) is 0 Å². The fourth-order valence-electron chi connectivity index (χ4n) is 2.35. The summed E-state index contributed by atoms with van der Waals surface area (Å²) < 4.78 is 5.41. The number of rotatable bonds is 5. The molecule has 0 atom stereocenters. The molecular formula is C18H22N2O2. The maximum absolute atomic E-state index is 12.4. The van der Waals surface area contributed by atoms with Crippen molar-refractivity contribution in [1.82, 2.24) is 10.3 Å². The van der Waals surface area contributed by atoms with Crippen molar-refractivity contribution in [3.05, 3.63) is 58.9 Å². The van der Waals surface area contributed by atoms with Gasteiger partial charge in [0, 0.05) is 24.5 Å². The lowest BCUT2D eigenvalue weighted by Gasteiger charge is -2.16. The van der Waals surface area contributed by atoms with E-state index in [9.17, 15) is 4.79 Å². The van der Waals surface area contributed by atoms with Gasteiger partial charge in [0.2, 0.25) is 0 Å². The van der Waals surface area contributed by atoms with E-state index in [2.05, 4.69) is 24.1 Å². The van der Waals surface area contributed by atoms with Gasteiger partial charge in [-0.25, -0.2) is 0 Å². The van der Waals surface area contributed by atoms with Crippen LogP contribution in [0, 0.1) is 6.92 Å². The van der Waals surface area contributed by atoms with Crippen LogP contribution in [0.2, 0.25) is 0 Å². The molecule has 0 aliphatic rings. The Balaban J connectivity index is 2.20. The Labute approximate surface area is 131 Å². The van der Waals surface area contributed by atoms with Crippen LogP contribution in [0.5, 0.6) is 5.75 Å². The number of aryl methyl sites for hydroxylation is 1. The minimum absolute atomic E-state index is 0.0779. The summed E-state index contributed by atoms with van der Waals surface area (Å²) in [7, 11) is 1.66. The summed E-state index contributed by atoms with van der Waals surface area (Å²) in [6, 6.07) is 7.65. The number of nitrogens with one attached hydrogen (secondary N) is 1. The second-order valence-electron chi connectivity index (χ2n) is 5.61. The molecule has 4 nitrogen and oxygen atoms in total. The standard InChI is InChI=1S/C18H22N2O2/c1-12(2)15-9-16(13(3)8-17(15)22-4)18(21)20-11-14-6-5-7-19-10-14/h5-10,12H,11H2,1-4H3,(H,20,21). The predicted molar refractivity (Wildman–Crippen MR) is 87.2 cm³/mol. The fourth-order valence-corrected chi connectivity index (χ4v) is 2.35. The van der Waals surface area contributed by atoms with E-state index in [-0.39, 0.29) is 5.91 Å². The summed E-state index contributed by atoms with van der Waals surface area (Å²) in [5.74, 6) is 1.04. The van der Waals surface area contributed by atoms with E-state index < -0.39 is 0 Å². The van der Waals surface area contributed by atoms with E-state index >= 15 is 0 Å². The topological polar surface area (TPSA) is 51.2 Å². The molecule has 1 aromatic carbocycles. The van der Waals surface area contributed by atoms with Crippen LogP contribution in [-0.2, 0) is 6.54 Å². The zero-order chi connectivity index (χ0) is 16.1. The highest BCUT2D eigenvalue weighted by molar-refractivity contribution is 5.96. The molecule has 116 valence electrons. The number of ether oxygens (including phenoxy) is 1. The third-order valence-electron chi connectivity index (χ3n) is 3.62. The highest BCUT2D eigenvalue weighted by Gasteiger charge is 2.15. The molecule has 1 aromatic heterocycles. The second-order valence-corrected chi connectivity index (χ2v) is 5.61. The molecule has 0 saturated carbocycles. The van der Waals surface area contributed by atoms with Crippen molar-refractivity contribution in [2.45, 2.75) is 33.2 Å². The zero-order valence-electron chi connectivity index (χ0n) is 13.5. The van der Waals surface area contributed by atoms with E-state index in [1.807, 2.05) is 31.2 Å². The number of carbonyl (C=O) groups excluding carboxylic acids is 1. The normalized spacial score (nSPS) is 10.6. The van der Waals surface area contributed by atoms with E-state index in [1.165, 1.54) is 0 Å². The number of methoxy groups -OCH3 is 1. The predicted octanol–water partition coefficient (Wildman–Crippen LogP) is 3.45. The third kappa shape index (κ3) is 3.64. The minimum Gasteiger partial charge on any atom is -0.496 e. The highest BCUT2D eigenvalue weighted by atomic mass is 16.5. The number of hydrogen-bond donors (Lipinski definition) is 1. The van der Waals surface area contributed by atoms with Crippen LogP contribution in [0.15, 0.2) is 36.7 Å². The first-order valence-electron chi connectivity index (χ1n) is 7.38. The van der Waals surface area contributed by atoms with Crippen molar-refractivity contribution in [2.24, 2.45) is 0 Å². The lowest BCUT2D eigenvalue weighted by Crippen LogP contribution is -2.24. The molecule has 1 amide bonds. The van der Waals surface area contributed by atoms with Gasteiger partial charge in [-0.3, -0.25) is 9.78 Å². The van der Waals surface area contributed by atoms with Crippen LogP contribution in [0.25, 0.3) is 0 Å². The second kappa shape index (κ2) is 7.07. The fraction of sp³-hybridized carbons (Fsp3) is 0.333. The molecule has 1 heterocycles. The van der Waals surface area contributed by atoms with Crippen molar-refractivity contribution < 1.29 is 9.53 Å². The summed E-state index contributed by atoms with van der Waals surface area (Å²) in [6.07, 6.45) is 3.47. The smallest absolute Gasteiger partial charge is 0.251 e. The summed E-state index contributed by atoms with van der Waals surface area (Å²) in [4.78, 5) is 16.5. The minimum atomic E-state index is -0.0779. The van der Waals surface area contributed by atoms with E-state index in [0.29, 0.717) is 18.0 Å². The van der Waals surface area contributed by atoms with Gasteiger partial charge in [-0.15, -0.1) is 0 Å². The molecule has 0 saturated heterocycles. The molecule has 0 fully saturated rings. The summed E-state index contributed by atoms with van der Waals surface area (Å²) >= 11 is 0. The first-order valence-corrected chi connectivity index (χ1v) is 7.38. The number of pyridine rings is 1. The van der Waals surface area contributed by atoms with E-state index in [1.54, 1.807) is 19.5 Å². The molecule has 0 bridgehead atoms. The SMILES string of the molecule is COc1cc(C)c(C(=O)NCc2cccnc2)cc1C(C)C. The molecule has 22 heavy (non-hydrogen) atoms. The van der Waals surface area contributed by atoms with Crippen LogP contribution in [0.3, 0.4) is 0 Å². The largest absolute Gasteiger partial charge is 0.496 e. The van der Waals surface area contributed by atoms with Crippen molar-refractivity contribution in [1.29, 1.82) is 0 Å². The van der Waals surface area contributed by atoms with Gasteiger partial charge in [0.25, 0.3) is 5.91 Å². The first kappa shape index (κ1) is 16.0. The van der Waals surface area contributed by atoms with Crippen LogP contribution in [-0.4, -0.2) is 18.0 Å². The molecule has 0 spiro atoms. The quantitative estimate of drug-likeness (QED) is 0.919. The van der Waals surface area contributed by atoms with Gasteiger partial charge in [0.1, 0.15) is 5.75 Å². The Morgan fingerprint density at radius 3 is 2.73 bits per heavy atom. The number of aromatic nitrogens is 1. The van der Waals surface area contributed by atoms with Crippen LogP contribution in [0.1, 0.15) is 46.8 Å². The van der Waals surface area contributed by atoms with Gasteiger partial charge in [0.05, 0.1) is 7.11 Å². The van der Waals surface area contributed by atoms with Gasteiger partial charge in [-0.05, 0) is 47.7 Å². The lowest BCUT2D eigenvalue weighted by atomic mass is 9.96. The Bertz CT molecular complexity index is 652. The highest BCUT2D eigenvalue weighted by Crippen LogP contribution is 2.29. The van der Waals surface area contributed by atoms with E-state index in [0.717, 1.165) is 22.4 Å². The van der Waals surface area contributed by atoms with Crippen molar-refractivity contribution in [3.63, 3.8) is 0 Å². The molecular weight excluding hydrogens is 276 g/mol.